The van der Waals surface area contributed by atoms with Crippen LogP contribution in [0.1, 0.15) is 24.5 Å². The highest BCUT2D eigenvalue weighted by molar-refractivity contribution is 7.89. The van der Waals surface area contributed by atoms with Crippen LogP contribution in [0.5, 0.6) is 5.75 Å². The number of ether oxygens (including phenoxy) is 1. The van der Waals surface area contributed by atoms with Crippen LogP contribution < -0.4 is 10.1 Å². The molecular formula is C19H29N3O4S. The van der Waals surface area contributed by atoms with E-state index in [1.54, 1.807) is 12.1 Å². The first-order chi connectivity index (χ1) is 12.6. The molecule has 1 aromatic rings. The van der Waals surface area contributed by atoms with Crippen LogP contribution in [0.2, 0.25) is 0 Å². The fourth-order valence-electron chi connectivity index (χ4n) is 4.39. The third-order valence-electron chi connectivity index (χ3n) is 5.90. The van der Waals surface area contributed by atoms with Gasteiger partial charge in [-0.25, -0.2) is 8.42 Å². The predicted octanol–water partition coefficient (Wildman–Crippen LogP) is 1.14. The molecule has 7 nitrogen and oxygen atoms in total. The molecule has 1 N–H and O–H groups in total. The summed E-state index contributed by atoms with van der Waals surface area (Å²) in [5.41, 5.74) is 1.35. The maximum absolute atomic E-state index is 13.5. The number of hydrogen-bond donors (Lipinski definition) is 1. The summed E-state index contributed by atoms with van der Waals surface area (Å²) in [6, 6.07) is 3.45. The number of carbonyl (C=O) groups is 1. The summed E-state index contributed by atoms with van der Waals surface area (Å²) >= 11 is 0. The van der Waals surface area contributed by atoms with Crippen molar-refractivity contribution in [1.29, 1.82) is 0 Å². The van der Waals surface area contributed by atoms with Crippen molar-refractivity contribution < 1.29 is 17.9 Å². The zero-order chi connectivity index (χ0) is 20.0. The number of rotatable bonds is 4. The standard InChI is InChI=1S/C19H29N3O4S/c1-13-8-17(26-5)18(9-14(13)2)27(24,25)22-10-16-6-7-21(4)11-19(16,12-22)20-15(3)23/h8-9,16H,6-7,10-12H2,1-5H3,(H,20,23)/t16-,19-/m1/s1. The molecule has 0 saturated carbocycles. The Kier molecular flexibility index (Phi) is 5.26. The second kappa shape index (κ2) is 7.07. The first-order valence-electron chi connectivity index (χ1n) is 9.22. The first kappa shape index (κ1) is 20.1. The molecule has 8 heteroatoms. The van der Waals surface area contributed by atoms with E-state index < -0.39 is 15.6 Å². The zero-order valence-electron chi connectivity index (χ0n) is 16.7. The Balaban J connectivity index is 2.00. The Morgan fingerprint density at radius 2 is 1.93 bits per heavy atom. The van der Waals surface area contributed by atoms with Crippen LogP contribution in [-0.2, 0) is 14.8 Å². The van der Waals surface area contributed by atoms with Gasteiger partial charge in [-0.3, -0.25) is 4.79 Å². The van der Waals surface area contributed by atoms with Crippen molar-refractivity contribution >= 4 is 15.9 Å². The van der Waals surface area contributed by atoms with Gasteiger partial charge in [0.2, 0.25) is 15.9 Å². The summed E-state index contributed by atoms with van der Waals surface area (Å²) < 4.78 is 33.8. The molecule has 2 saturated heterocycles. The van der Waals surface area contributed by atoms with Gasteiger partial charge >= 0.3 is 0 Å². The summed E-state index contributed by atoms with van der Waals surface area (Å²) in [6.07, 6.45) is 0.854. The van der Waals surface area contributed by atoms with E-state index in [4.69, 9.17) is 4.74 Å². The number of nitrogens with one attached hydrogen (secondary N) is 1. The lowest BCUT2D eigenvalue weighted by atomic mass is 9.81. The lowest BCUT2D eigenvalue weighted by Gasteiger charge is -2.43. The molecule has 1 aromatic carbocycles. The molecule has 3 rings (SSSR count). The molecule has 2 atom stereocenters. The summed E-state index contributed by atoms with van der Waals surface area (Å²) in [5, 5.41) is 3.07. The van der Waals surface area contributed by atoms with Crippen molar-refractivity contribution in [2.75, 3.05) is 40.3 Å². The SMILES string of the molecule is COc1cc(C)c(C)cc1S(=O)(=O)N1C[C@H]2CCN(C)C[C@@]2(NC(C)=O)C1. The van der Waals surface area contributed by atoms with Crippen molar-refractivity contribution in [1.82, 2.24) is 14.5 Å². The van der Waals surface area contributed by atoms with Crippen molar-refractivity contribution in [2.45, 2.75) is 37.6 Å². The minimum absolute atomic E-state index is 0.102. The fraction of sp³-hybridized carbons (Fsp3) is 0.632. The van der Waals surface area contributed by atoms with E-state index in [0.717, 1.165) is 24.1 Å². The summed E-state index contributed by atoms with van der Waals surface area (Å²) in [5.74, 6) is 0.335. The predicted molar refractivity (Wildman–Crippen MR) is 103 cm³/mol. The topological polar surface area (TPSA) is 79.0 Å². The number of benzene rings is 1. The van der Waals surface area contributed by atoms with Crippen molar-refractivity contribution in [3.05, 3.63) is 23.3 Å². The molecule has 0 aromatic heterocycles. The quantitative estimate of drug-likeness (QED) is 0.827. The van der Waals surface area contributed by atoms with Gasteiger partial charge in [-0.05, 0) is 63.0 Å². The lowest BCUT2D eigenvalue weighted by molar-refractivity contribution is -0.121. The average molecular weight is 396 g/mol. The number of hydrogen-bond acceptors (Lipinski definition) is 5. The van der Waals surface area contributed by atoms with E-state index in [2.05, 4.69) is 10.2 Å². The molecule has 2 fully saturated rings. The molecule has 2 aliphatic rings. The highest BCUT2D eigenvalue weighted by Gasteiger charge is 2.53. The maximum atomic E-state index is 13.5. The van der Waals surface area contributed by atoms with Gasteiger partial charge < -0.3 is 15.0 Å². The number of sulfonamides is 1. The van der Waals surface area contributed by atoms with Crippen LogP contribution in [0.15, 0.2) is 17.0 Å². The normalized spacial score (nSPS) is 26.6. The molecule has 2 heterocycles. The van der Waals surface area contributed by atoms with Gasteiger partial charge in [0.1, 0.15) is 10.6 Å². The van der Waals surface area contributed by atoms with Crippen LogP contribution in [0, 0.1) is 19.8 Å². The third kappa shape index (κ3) is 3.58. The average Bonchev–Trinajstić information content (AvgIpc) is 2.94. The van der Waals surface area contributed by atoms with Gasteiger partial charge in [0, 0.05) is 26.6 Å². The molecule has 2 aliphatic heterocycles. The van der Waals surface area contributed by atoms with Gasteiger partial charge in [0.15, 0.2) is 0 Å². The van der Waals surface area contributed by atoms with Crippen LogP contribution >= 0.6 is 0 Å². The second-order valence-electron chi connectivity index (χ2n) is 7.95. The van der Waals surface area contributed by atoms with E-state index in [9.17, 15) is 13.2 Å². The van der Waals surface area contributed by atoms with E-state index in [-0.39, 0.29) is 23.3 Å². The number of likely N-dealkylation sites (tertiary alicyclic amines) is 1. The Morgan fingerprint density at radius 1 is 1.26 bits per heavy atom. The number of likely N-dealkylation sites (N-methyl/N-ethyl adjacent to an activating group) is 1. The first-order valence-corrected chi connectivity index (χ1v) is 10.7. The number of amides is 1. The molecule has 150 valence electrons. The monoisotopic (exact) mass is 395 g/mol. The molecule has 0 spiro atoms. The largest absolute Gasteiger partial charge is 0.495 e. The number of piperidine rings is 1. The zero-order valence-corrected chi connectivity index (χ0v) is 17.5. The van der Waals surface area contributed by atoms with E-state index >= 15 is 0 Å². The molecule has 0 unspecified atom stereocenters. The fourth-order valence-corrected chi connectivity index (χ4v) is 6.17. The molecule has 0 radical (unpaired) electrons. The lowest BCUT2D eigenvalue weighted by Crippen LogP contribution is -2.62. The highest BCUT2D eigenvalue weighted by atomic mass is 32.2. The number of methoxy groups -OCH3 is 1. The summed E-state index contributed by atoms with van der Waals surface area (Å²) in [7, 11) is -0.242. The molecule has 0 aliphatic carbocycles. The Hall–Kier alpha value is -1.64. The highest BCUT2D eigenvalue weighted by Crippen LogP contribution is 2.39. The van der Waals surface area contributed by atoms with Gasteiger partial charge in [0.25, 0.3) is 0 Å². The summed E-state index contributed by atoms with van der Waals surface area (Å²) in [4.78, 5) is 14.2. The van der Waals surface area contributed by atoms with Crippen molar-refractivity contribution in [3.63, 3.8) is 0 Å². The maximum Gasteiger partial charge on any atom is 0.246 e. The smallest absolute Gasteiger partial charge is 0.246 e. The van der Waals surface area contributed by atoms with E-state index in [1.165, 1.54) is 18.3 Å². The number of aryl methyl sites for hydroxylation is 2. The minimum Gasteiger partial charge on any atom is -0.495 e. The molecule has 27 heavy (non-hydrogen) atoms. The minimum atomic E-state index is -3.73. The van der Waals surface area contributed by atoms with Crippen molar-refractivity contribution in [2.24, 2.45) is 5.92 Å². The van der Waals surface area contributed by atoms with Crippen LogP contribution in [0.3, 0.4) is 0 Å². The number of fused-ring (bicyclic) bond motifs is 1. The number of carbonyl (C=O) groups excluding carboxylic acids is 1. The van der Waals surface area contributed by atoms with Crippen molar-refractivity contribution in [3.8, 4) is 5.75 Å². The Labute approximate surface area is 161 Å². The summed E-state index contributed by atoms with van der Waals surface area (Å²) in [6.45, 7) is 7.54. The van der Waals surface area contributed by atoms with Gasteiger partial charge in [-0.15, -0.1) is 0 Å². The Morgan fingerprint density at radius 3 is 2.56 bits per heavy atom. The van der Waals surface area contributed by atoms with Crippen LogP contribution in [0.25, 0.3) is 0 Å². The van der Waals surface area contributed by atoms with Gasteiger partial charge in [-0.2, -0.15) is 4.31 Å². The molecule has 0 bridgehead atoms. The second-order valence-corrected chi connectivity index (χ2v) is 9.85. The third-order valence-corrected chi connectivity index (χ3v) is 7.73. The van der Waals surface area contributed by atoms with Crippen LogP contribution in [0.4, 0.5) is 0 Å². The van der Waals surface area contributed by atoms with E-state index in [1.807, 2.05) is 20.9 Å². The van der Waals surface area contributed by atoms with Gasteiger partial charge in [0.05, 0.1) is 12.6 Å². The van der Waals surface area contributed by atoms with Gasteiger partial charge in [-0.1, -0.05) is 0 Å². The Bertz CT molecular complexity index is 855. The number of nitrogens with zero attached hydrogens (tertiary/aromatic N) is 2. The van der Waals surface area contributed by atoms with E-state index in [0.29, 0.717) is 18.8 Å². The van der Waals surface area contributed by atoms with Crippen LogP contribution in [-0.4, -0.2) is 69.4 Å². The molecule has 1 amide bonds. The molecular weight excluding hydrogens is 366 g/mol.